The first-order valence-electron chi connectivity index (χ1n) is 9.77. The van der Waals surface area contributed by atoms with Gasteiger partial charge in [-0.05, 0) is 36.8 Å². The first-order valence-corrected chi connectivity index (χ1v) is 9.77. The molecule has 0 bridgehead atoms. The van der Waals surface area contributed by atoms with Gasteiger partial charge in [0.05, 0.1) is 6.61 Å². The maximum atomic E-state index is 5.32. The summed E-state index contributed by atoms with van der Waals surface area (Å²) in [7, 11) is 1.79. The van der Waals surface area contributed by atoms with Crippen LogP contribution in [0, 0.1) is 5.92 Å². The fourth-order valence-electron chi connectivity index (χ4n) is 3.80. The van der Waals surface area contributed by atoms with E-state index < -0.39 is 0 Å². The van der Waals surface area contributed by atoms with Crippen molar-refractivity contribution in [1.29, 1.82) is 0 Å². The van der Waals surface area contributed by atoms with Crippen molar-refractivity contribution < 1.29 is 4.74 Å². The zero-order chi connectivity index (χ0) is 17.8. The lowest BCUT2D eigenvalue weighted by Gasteiger charge is -2.22. The van der Waals surface area contributed by atoms with Gasteiger partial charge in [0, 0.05) is 44.6 Å². The Labute approximate surface area is 152 Å². The molecule has 1 aromatic rings. The molecule has 0 spiro atoms. The first-order chi connectivity index (χ1) is 12.1. The third kappa shape index (κ3) is 4.55. The molecule has 0 aromatic heterocycles. The lowest BCUT2D eigenvalue weighted by Crippen LogP contribution is -2.42. The Morgan fingerprint density at radius 1 is 1.32 bits per heavy atom. The van der Waals surface area contributed by atoms with E-state index in [4.69, 9.17) is 9.73 Å². The zero-order valence-corrected chi connectivity index (χ0v) is 16.2. The molecule has 1 saturated carbocycles. The van der Waals surface area contributed by atoms with Gasteiger partial charge in [0.25, 0.3) is 0 Å². The maximum Gasteiger partial charge on any atom is 0.194 e. The predicted molar refractivity (Wildman–Crippen MR) is 104 cm³/mol. The van der Waals surface area contributed by atoms with Crippen molar-refractivity contribution in [3.63, 3.8) is 0 Å². The van der Waals surface area contributed by atoms with Gasteiger partial charge >= 0.3 is 0 Å². The van der Waals surface area contributed by atoms with Crippen LogP contribution in [0.5, 0.6) is 0 Å². The van der Waals surface area contributed by atoms with E-state index in [1.165, 1.54) is 24.0 Å². The number of aliphatic imine (C=N–C) groups is 1. The van der Waals surface area contributed by atoms with Gasteiger partial charge in [0.15, 0.2) is 5.96 Å². The molecule has 138 valence electrons. The number of nitrogens with zero attached hydrogens (tertiary/aromatic N) is 2. The van der Waals surface area contributed by atoms with E-state index in [1.807, 2.05) is 0 Å². The van der Waals surface area contributed by atoms with Crippen LogP contribution in [0.15, 0.2) is 29.3 Å². The molecule has 0 radical (unpaired) electrons. The van der Waals surface area contributed by atoms with E-state index in [0.717, 1.165) is 32.2 Å². The van der Waals surface area contributed by atoms with Crippen molar-refractivity contribution in [2.45, 2.75) is 51.5 Å². The second kappa shape index (κ2) is 8.22. The highest BCUT2D eigenvalue weighted by Gasteiger charge is 2.40. The second-order valence-electron chi connectivity index (χ2n) is 7.77. The van der Waals surface area contributed by atoms with Crippen molar-refractivity contribution in [1.82, 2.24) is 10.2 Å². The Kier molecular flexibility index (Phi) is 6.00. The summed E-state index contributed by atoms with van der Waals surface area (Å²) in [4.78, 5) is 7.14. The number of nitrogens with one attached hydrogen (secondary N) is 1. The van der Waals surface area contributed by atoms with Crippen LogP contribution < -0.4 is 5.32 Å². The molecule has 1 aromatic carbocycles. The van der Waals surface area contributed by atoms with Crippen LogP contribution in [0.25, 0.3) is 0 Å². The van der Waals surface area contributed by atoms with Gasteiger partial charge in [-0.25, -0.2) is 0 Å². The largest absolute Gasteiger partial charge is 0.384 e. The quantitative estimate of drug-likeness (QED) is 0.633. The smallest absolute Gasteiger partial charge is 0.194 e. The SMILES string of the molecule is CCN=C(NC1CC1c1ccc(C(C)C)cc1)N1CCC(COC)C1. The Morgan fingerprint density at radius 3 is 2.72 bits per heavy atom. The molecular weight excluding hydrogens is 310 g/mol. The number of rotatable bonds is 6. The van der Waals surface area contributed by atoms with Gasteiger partial charge in [-0.3, -0.25) is 4.99 Å². The van der Waals surface area contributed by atoms with E-state index in [2.05, 4.69) is 55.3 Å². The molecule has 4 nitrogen and oxygen atoms in total. The van der Waals surface area contributed by atoms with E-state index >= 15 is 0 Å². The minimum atomic E-state index is 0.525. The van der Waals surface area contributed by atoms with Crippen LogP contribution in [0.3, 0.4) is 0 Å². The van der Waals surface area contributed by atoms with Gasteiger partial charge in [-0.1, -0.05) is 38.1 Å². The third-order valence-corrected chi connectivity index (χ3v) is 5.43. The van der Waals surface area contributed by atoms with E-state index in [9.17, 15) is 0 Å². The van der Waals surface area contributed by atoms with E-state index in [0.29, 0.717) is 23.8 Å². The van der Waals surface area contributed by atoms with Gasteiger partial charge in [-0.15, -0.1) is 0 Å². The molecule has 3 rings (SSSR count). The Hall–Kier alpha value is -1.55. The summed E-state index contributed by atoms with van der Waals surface area (Å²) in [6.07, 6.45) is 2.40. The number of hydrogen-bond acceptors (Lipinski definition) is 2. The van der Waals surface area contributed by atoms with E-state index in [-0.39, 0.29) is 0 Å². The third-order valence-electron chi connectivity index (χ3n) is 5.43. The Bertz CT molecular complexity index is 581. The van der Waals surface area contributed by atoms with Crippen LogP contribution in [0.1, 0.15) is 56.6 Å². The fourth-order valence-corrected chi connectivity index (χ4v) is 3.80. The monoisotopic (exact) mass is 343 g/mol. The van der Waals surface area contributed by atoms with Gasteiger partial charge in [0.2, 0.25) is 0 Å². The van der Waals surface area contributed by atoms with Crippen LogP contribution in [0.4, 0.5) is 0 Å². The average molecular weight is 344 g/mol. The summed E-state index contributed by atoms with van der Waals surface area (Å²) < 4.78 is 5.32. The molecule has 2 fully saturated rings. The number of ether oxygens (including phenoxy) is 1. The Balaban J connectivity index is 1.57. The highest BCUT2D eigenvalue weighted by Crippen LogP contribution is 2.41. The summed E-state index contributed by atoms with van der Waals surface area (Å²) in [6, 6.07) is 9.71. The normalized spacial score (nSPS) is 26.4. The van der Waals surface area contributed by atoms with Crippen molar-refractivity contribution in [3.05, 3.63) is 35.4 Å². The standard InChI is InChI=1S/C21H33N3O/c1-5-22-21(24-11-10-16(13-24)14-25-4)23-20-12-19(20)18-8-6-17(7-9-18)15(2)3/h6-9,15-16,19-20H,5,10-14H2,1-4H3,(H,22,23). The molecule has 1 saturated heterocycles. The Morgan fingerprint density at radius 2 is 2.08 bits per heavy atom. The summed E-state index contributed by atoms with van der Waals surface area (Å²) in [5.41, 5.74) is 2.87. The van der Waals surface area contributed by atoms with Crippen molar-refractivity contribution in [3.8, 4) is 0 Å². The molecule has 25 heavy (non-hydrogen) atoms. The summed E-state index contributed by atoms with van der Waals surface area (Å²) in [5.74, 6) is 2.95. The molecule has 1 aliphatic carbocycles. The molecular formula is C21H33N3O. The minimum absolute atomic E-state index is 0.525. The number of hydrogen-bond donors (Lipinski definition) is 1. The number of likely N-dealkylation sites (tertiary alicyclic amines) is 1. The molecule has 4 heteroatoms. The van der Waals surface area contributed by atoms with Crippen LogP contribution in [-0.4, -0.2) is 50.3 Å². The van der Waals surface area contributed by atoms with Crippen molar-refractivity contribution in [2.75, 3.05) is 33.4 Å². The van der Waals surface area contributed by atoms with Crippen LogP contribution in [0.2, 0.25) is 0 Å². The lowest BCUT2D eigenvalue weighted by atomic mass is 10.0. The van der Waals surface area contributed by atoms with Gasteiger partial charge in [-0.2, -0.15) is 0 Å². The summed E-state index contributed by atoms with van der Waals surface area (Å²) in [6.45, 7) is 10.4. The minimum Gasteiger partial charge on any atom is -0.384 e. The van der Waals surface area contributed by atoms with Crippen molar-refractivity contribution >= 4 is 5.96 Å². The van der Waals surface area contributed by atoms with Crippen LogP contribution >= 0.6 is 0 Å². The van der Waals surface area contributed by atoms with Crippen LogP contribution in [-0.2, 0) is 4.74 Å². The molecule has 1 N–H and O–H groups in total. The van der Waals surface area contributed by atoms with Crippen molar-refractivity contribution in [2.24, 2.45) is 10.9 Å². The zero-order valence-electron chi connectivity index (χ0n) is 16.2. The van der Waals surface area contributed by atoms with Gasteiger partial charge in [0.1, 0.15) is 0 Å². The molecule has 3 unspecified atom stereocenters. The average Bonchev–Trinajstić information content (AvgIpc) is 3.22. The summed E-state index contributed by atoms with van der Waals surface area (Å²) >= 11 is 0. The maximum absolute atomic E-state index is 5.32. The molecule has 1 heterocycles. The topological polar surface area (TPSA) is 36.9 Å². The fraction of sp³-hybridized carbons (Fsp3) is 0.667. The highest BCUT2D eigenvalue weighted by molar-refractivity contribution is 5.81. The number of guanidine groups is 1. The molecule has 1 aliphatic heterocycles. The lowest BCUT2D eigenvalue weighted by molar-refractivity contribution is 0.157. The predicted octanol–water partition coefficient (Wildman–Crippen LogP) is 3.60. The van der Waals surface area contributed by atoms with E-state index in [1.54, 1.807) is 7.11 Å². The number of benzene rings is 1. The first kappa shape index (κ1) is 18.2. The number of methoxy groups -OCH3 is 1. The summed E-state index contributed by atoms with van der Waals surface area (Å²) in [5, 5.41) is 3.72. The molecule has 0 amide bonds. The molecule has 3 atom stereocenters. The highest BCUT2D eigenvalue weighted by atomic mass is 16.5. The second-order valence-corrected chi connectivity index (χ2v) is 7.77. The van der Waals surface area contributed by atoms with Gasteiger partial charge < -0.3 is 15.0 Å². The molecule has 2 aliphatic rings.